The van der Waals surface area contributed by atoms with Gasteiger partial charge in [-0.1, -0.05) is 37.0 Å². The summed E-state index contributed by atoms with van der Waals surface area (Å²) in [7, 11) is -1.86. The third kappa shape index (κ3) is 4.57. The number of aryl methyl sites for hydroxylation is 1. The quantitative estimate of drug-likeness (QED) is 0.837. The van der Waals surface area contributed by atoms with E-state index in [1.54, 1.807) is 37.4 Å². The summed E-state index contributed by atoms with van der Waals surface area (Å²) < 4.78 is 27.2. The van der Waals surface area contributed by atoms with Gasteiger partial charge in [0, 0.05) is 24.3 Å². The summed E-state index contributed by atoms with van der Waals surface area (Å²) in [6, 6.07) is 13.8. The molecule has 3 rings (SSSR count). The third-order valence-corrected chi connectivity index (χ3v) is 7.08. The lowest BCUT2D eigenvalue weighted by atomic mass is 9.96. The van der Waals surface area contributed by atoms with E-state index >= 15 is 0 Å². The summed E-state index contributed by atoms with van der Waals surface area (Å²) in [4.78, 5) is 12.6. The number of rotatable bonds is 5. The Hall–Kier alpha value is -2.18. The fourth-order valence-corrected chi connectivity index (χ4v) is 4.92. The highest BCUT2D eigenvalue weighted by Crippen LogP contribution is 2.27. The normalized spacial score (nSPS) is 15.7. The number of anilines is 1. The lowest BCUT2D eigenvalue weighted by Crippen LogP contribution is -2.38. The van der Waals surface area contributed by atoms with Crippen LogP contribution in [0.5, 0.6) is 0 Å². The second-order valence-corrected chi connectivity index (χ2v) is 9.16. The number of amides is 1. The van der Waals surface area contributed by atoms with E-state index in [0.29, 0.717) is 11.3 Å². The number of carbonyl (C=O) groups excluding carboxylic acids is 1. The second kappa shape index (κ2) is 8.23. The van der Waals surface area contributed by atoms with Crippen molar-refractivity contribution in [2.24, 2.45) is 0 Å². The van der Waals surface area contributed by atoms with Crippen molar-refractivity contribution in [3.63, 3.8) is 0 Å². The Morgan fingerprint density at radius 1 is 1.04 bits per heavy atom. The van der Waals surface area contributed by atoms with E-state index in [-0.39, 0.29) is 16.8 Å². The van der Waals surface area contributed by atoms with Gasteiger partial charge in [0.25, 0.3) is 5.91 Å². The molecule has 144 valence electrons. The maximum atomic E-state index is 12.9. The highest BCUT2D eigenvalue weighted by atomic mass is 32.2. The van der Waals surface area contributed by atoms with Crippen molar-refractivity contribution in [2.45, 2.75) is 50.0 Å². The van der Waals surface area contributed by atoms with Crippen LogP contribution in [0.25, 0.3) is 0 Å². The zero-order chi connectivity index (χ0) is 19.4. The molecular formula is C21H26N2O3S. The topological polar surface area (TPSA) is 66.5 Å². The van der Waals surface area contributed by atoms with Crippen molar-refractivity contribution in [3.05, 3.63) is 59.7 Å². The van der Waals surface area contributed by atoms with Crippen molar-refractivity contribution >= 4 is 21.6 Å². The lowest BCUT2D eigenvalue weighted by molar-refractivity contribution is 0.102. The van der Waals surface area contributed by atoms with E-state index in [9.17, 15) is 13.2 Å². The summed E-state index contributed by atoms with van der Waals surface area (Å²) in [6.45, 7) is 1.93. The van der Waals surface area contributed by atoms with E-state index < -0.39 is 10.0 Å². The predicted molar refractivity (Wildman–Crippen MR) is 107 cm³/mol. The summed E-state index contributed by atoms with van der Waals surface area (Å²) >= 11 is 0. The molecule has 0 aliphatic heterocycles. The molecule has 0 radical (unpaired) electrons. The molecular weight excluding hydrogens is 360 g/mol. The van der Waals surface area contributed by atoms with Gasteiger partial charge < -0.3 is 5.32 Å². The van der Waals surface area contributed by atoms with Gasteiger partial charge in [0.2, 0.25) is 10.0 Å². The molecule has 27 heavy (non-hydrogen) atoms. The first-order valence-corrected chi connectivity index (χ1v) is 10.8. The van der Waals surface area contributed by atoms with Crippen LogP contribution in [-0.4, -0.2) is 31.7 Å². The van der Waals surface area contributed by atoms with Crippen LogP contribution in [0.15, 0.2) is 53.4 Å². The Labute approximate surface area is 161 Å². The summed E-state index contributed by atoms with van der Waals surface area (Å²) in [5.41, 5.74) is 2.15. The van der Waals surface area contributed by atoms with Crippen molar-refractivity contribution in [3.8, 4) is 0 Å². The zero-order valence-corrected chi connectivity index (χ0v) is 16.6. The Morgan fingerprint density at radius 3 is 2.33 bits per heavy atom. The molecule has 1 fully saturated rings. The van der Waals surface area contributed by atoms with Gasteiger partial charge >= 0.3 is 0 Å². The fourth-order valence-electron chi connectivity index (χ4n) is 3.51. The molecule has 0 spiro atoms. The van der Waals surface area contributed by atoms with Gasteiger partial charge in [-0.3, -0.25) is 4.79 Å². The number of nitrogens with one attached hydrogen (secondary N) is 1. The molecule has 1 aliphatic rings. The average Bonchev–Trinajstić information content (AvgIpc) is 2.68. The van der Waals surface area contributed by atoms with Crippen molar-refractivity contribution in [1.29, 1.82) is 0 Å². The van der Waals surface area contributed by atoms with Crippen molar-refractivity contribution < 1.29 is 13.2 Å². The Balaban J connectivity index is 1.71. The smallest absolute Gasteiger partial charge is 0.255 e. The minimum atomic E-state index is -3.52. The maximum absolute atomic E-state index is 12.9. The minimum absolute atomic E-state index is 0.0736. The molecule has 5 nitrogen and oxygen atoms in total. The second-order valence-electron chi connectivity index (χ2n) is 7.16. The zero-order valence-electron chi connectivity index (χ0n) is 15.8. The van der Waals surface area contributed by atoms with Crippen LogP contribution in [-0.2, 0) is 10.0 Å². The van der Waals surface area contributed by atoms with Gasteiger partial charge in [-0.25, -0.2) is 8.42 Å². The number of hydrogen-bond donors (Lipinski definition) is 1. The molecule has 0 bridgehead atoms. The number of nitrogens with zero attached hydrogens (tertiary/aromatic N) is 1. The van der Waals surface area contributed by atoms with Crippen molar-refractivity contribution in [1.82, 2.24) is 4.31 Å². The van der Waals surface area contributed by atoms with E-state index in [2.05, 4.69) is 5.32 Å². The van der Waals surface area contributed by atoms with E-state index in [4.69, 9.17) is 0 Å². The predicted octanol–water partition coefficient (Wildman–Crippen LogP) is 4.20. The summed E-state index contributed by atoms with van der Waals surface area (Å²) in [6.07, 6.45) is 5.17. The Kier molecular flexibility index (Phi) is 5.97. The monoisotopic (exact) mass is 386 g/mol. The first-order valence-electron chi connectivity index (χ1n) is 9.34. The number of carbonyl (C=O) groups is 1. The highest BCUT2D eigenvalue weighted by Gasteiger charge is 2.28. The van der Waals surface area contributed by atoms with Crippen LogP contribution < -0.4 is 5.32 Å². The molecule has 1 amide bonds. The number of benzene rings is 2. The average molecular weight is 387 g/mol. The molecule has 1 aliphatic carbocycles. The summed E-state index contributed by atoms with van der Waals surface area (Å²) in [5, 5.41) is 2.81. The van der Waals surface area contributed by atoms with Gasteiger partial charge in [-0.15, -0.1) is 0 Å². The first-order chi connectivity index (χ1) is 12.9. The lowest BCUT2D eigenvalue weighted by Gasteiger charge is -2.30. The minimum Gasteiger partial charge on any atom is -0.322 e. The van der Waals surface area contributed by atoms with Crippen LogP contribution in [0.4, 0.5) is 5.69 Å². The standard InChI is InChI=1S/C21H26N2O3S/c1-16-7-6-8-17(15-16)21(24)22-18-11-13-20(14-12-18)27(25,26)23(2)19-9-4-3-5-10-19/h6-8,11-15,19H,3-5,9-10H2,1-2H3,(H,22,24). The maximum Gasteiger partial charge on any atom is 0.255 e. The Morgan fingerprint density at radius 2 is 1.70 bits per heavy atom. The summed E-state index contributed by atoms with van der Waals surface area (Å²) in [5.74, 6) is -0.214. The highest BCUT2D eigenvalue weighted by molar-refractivity contribution is 7.89. The molecule has 1 N–H and O–H groups in total. The molecule has 0 unspecified atom stereocenters. The first kappa shape index (κ1) is 19.6. The number of hydrogen-bond acceptors (Lipinski definition) is 3. The van der Waals surface area contributed by atoms with Gasteiger partial charge in [0.1, 0.15) is 0 Å². The van der Waals surface area contributed by atoms with E-state index in [1.807, 2.05) is 25.1 Å². The van der Waals surface area contributed by atoms with Crippen LogP contribution >= 0.6 is 0 Å². The largest absolute Gasteiger partial charge is 0.322 e. The molecule has 0 atom stereocenters. The number of sulfonamides is 1. The van der Waals surface area contributed by atoms with Crippen LogP contribution in [0, 0.1) is 6.92 Å². The van der Waals surface area contributed by atoms with Crippen LogP contribution in [0.3, 0.4) is 0 Å². The van der Waals surface area contributed by atoms with Crippen LogP contribution in [0.2, 0.25) is 0 Å². The molecule has 0 saturated heterocycles. The molecule has 6 heteroatoms. The SMILES string of the molecule is Cc1cccc(C(=O)Nc2ccc(S(=O)(=O)N(C)C3CCCCC3)cc2)c1. The Bertz CT molecular complexity index is 901. The van der Waals surface area contributed by atoms with E-state index in [0.717, 1.165) is 31.2 Å². The molecule has 2 aromatic carbocycles. The molecule has 0 heterocycles. The molecule has 2 aromatic rings. The fraction of sp³-hybridized carbons (Fsp3) is 0.381. The van der Waals surface area contributed by atoms with Crippen molar-refractivity contribution in [2.75, 3.05) is 12.4 Å². The van der Waals surface area contributed by atoms with Gasteiger partial charge in [-0.2, -0.15) is 4.31 Å². The van der Waals surface area contributed by atoms with Crippen LogP contribution in [0.1, 0.15) is 48.0 Å². The third-order valence-electron chi connectivity index (χ3n) is 5.16. The molecule has 0 aromatic heterocycles. The van der Waals surface area contributed by atoms with Gasteiger partial charge in [0.15, 0.2) is 0 Å². The molecule has 1 saturated carbocycles. The van der Waals surface area contributed by atoms with Gasteiger partial charge in [0.05, 0.1) is 4.90 Å². The van der Waals surface area contributed by atoms with E-state index in [1.165, 1.54) is 10.7 Å². The van der Waals surface area contributed by atoms with Gasteiger partial charge in [-0.05, 0) is 56.2 Å².